The molecule has 13 heavy (non-hydrogen) atoms. The smallest absolute Gasteiger partial charge is 0.247 e. The van der Waals surface area contributed by atoms with Crippen LogP contribution in [0.25, 0.3) is 0 Å². The molecule has 1 aromatic rings. The molecule has 70 valence electrons. The zero-order valence-corrected chi connectivity index (χ0v) is 7.15. The zero-order valence-electron chi connectivity index (χ0n) is 7.15. The van der Waals surface area contributed by atoms with E-state index in [4.69, 9.17) is 10.5 Å². The molecular formula is C7H10N4O2. The SMILES string of the molecule is CN1C(=O)C(N)COc2[nH]ncc21. The molecule has 1 amide bonds. The normalized spacial score (nSPS) is 22.2. The quantitative estimate of drug-likeness (QED) is 0.544. The third-order valence-corrected chi connectivity index (χ3v) is 2.00. The Morgan fingerprint density at radius 2 is 2.62 bits per heavy atom. The number of hydrogen-bond acceptors (Lipinski definition) is 4. The third kappa shape index (κ3) is 1.15. The van der Waals surface area contributed by atoms with Crippen LogP contribution < -0.4 is 15.4 Å². The maximum atomic E-state index is 11.5. The van der Waals surface area contributed by atoms with Crippen molar-refractivity contribution in [1.82, 2.24) is 10.2 Å². The van der Waals surface area contributed by atoms with Gasteiger partial charge >= 0.3 is 0 Å². The van der Waals surface area contributed by atoms with E-state index in [1.165, 1.54) is 11.1 Å². The first-order chi connectivity index (χ1) is 6.20. The summed E-state index contributed by atoms with van der Waals surface area (Å²) in [6.45, 7) is 0.179. The second kappa shape index (κ2) is 2.74. The minimum atomic E-state index is -0.606. The summed E-state index contributed by atoms with van der Waals surface area (Å²) in [6.07, 6.45) is 1.53. The molecule has 2 rings (SSSR count). The lowest BCUT2D eigenvalue weighted by molar-refractivity contribution is -0.119. The number of hydrogen-bond donors (Lipinski definition) is 2. The number of ether oxygens (including phenoxy) is 1. The number of H-pyrrole nitrogens is 1. The predicted octanol–water partition coefficient (Wildman–Crippen LogP) is -0.908. The summed E-state index contributed by atoms with van der Waals surface area (Å²) in [6, 6.07) is -0.606. The number of carbonyl (C=O) groups excluding carboxylic acids is 1. The average Bonchev–Trinajstić information content (AvgIpc) is 2.56. The Morgan fingerprint density at radius 3 is 3.38 bits per heavy atom. The molecule has 1 unspecified atom stereocenters. The van der Waals surface area contributed by atoms with Crippen LogP contribution in [0.15, 0.2) is 6.20 Å². The van der Waals surface area contributed by atoms with E-state index in [0.29, 0.717) is 11.6 Å². The average molecular weight is 182 g/mol. The van der Waals surface area contributed by atoms with E-state index >= 15 is 0 Å². The van der Waals surface area contributed by atoms with E-state index in [2.05, 4.69) is 10.2 Å². The van der Waals surface area contributed by atoms with E-state index in [1.54, 1.807) is 7.05 Å². The first-order valence-electron chi connectivity index (χ1n) is 3.89. The Morgan fingerprint density at radius 1 is 1.85 bits per heavy atom. The van der Waals surface area contributed by atoms with Gasteiger partial charge in [0.1, 0.15) is 18.3 Å². The van der Waals surface area contributed by atoms with Gasteiger partial charge in [-0.05, 0) is 0 Å². The van der Waals surface area contributed by atoms with Crippen LogP contribution in [0, 0.1) is 0 Å². The standard InChI is InChI=1S/C7H10N4O2/c1-11-5-2-9-10-6(5)13-3-4(8)7(11)12/h2,4H,3,8H2,1H3,(H,9,10). The van der Waals surface area contributed by atoms with Crippen molar-refractivity contribution in [3.8, 4) is 5.88 Å². The number of likely N-dealkylation sites (N-methyl/N-ethyl adjacent to an activating group) is 1. The summed E-state index contributed by atoms with van der Waals surface area (Å²) in [5, 5.41) is 6.42. The lowest BCUT2D eigenvalue weighted by Gasteiger charge is -2.14. The van der Waals surface area contributed by atoms with Gasteiger partial charge in [-0.15, -0.1) is 0 Å². The number of anilines is 1. The van der Waals surface area contributed by atoms with Crippen LogP contribution in [-0.2, 0) is 4.79 Å². The number of nitrogens with two attached hydrogens (primary N) is 1. The van der Waals surface area contributed by atoms with E-state index in [0.717, 1.165) is 0 Å². The number of fused-ring (bicyclic) bond motifs is 1. The van der Waals surface area contributed by atoms with E-state index in [9.17, 15) is 4.79 Å². The Kier molecular flexibility index (Phi) is 1.70. The minimum absolute atomic E-state index is 0.167. The molecule has 2 heterocycles. The van der Waals surface area contributed by atoms with Gasteiger partial charge in [-0.3, -0.25) is 4.79 Å². The minimum Gasteiger partial charge on any atom is -0.474 e. The molecule has 0 saturated carbocycles. The van der Waals surface area contributed by atoms with Crippen LogP contribution in [0.4, 0.5) is 5.69 Å². The monoisotopic (exact) mass is 182 g/mol. The number of carbonyl (C=O) groups is 1. The lowest BCUT2D eigenvalue weighted by Crippen LogP contribution is -2.43. The summed E-state index contributed by atoms with van der Waals surface area (Å²) in [4.78, 5) is 12.9. The van der Waals surface area contributed by atoms with Gasteiger partial charge < -0.3 is 15.4 Å². The summed E-state index contributed by atoms with van der Waals surface area (Å²) >= 11 is 0. The predicted molar refractivity (Wildman–Crippen MR) is 45.5 cm³/mol. The van der Waals surface area contributed by atoms with Crippen LogP contribution >= 0.6 is 0 Å². The van der Waals surface area contributed by atoms with Gasteiger partial charge in [-0.1, -0.05) is 0 Å². The van der Waals surface area contributed by atoms with E-state index in [-0.39, 0.29) is 12.5 Å². The molecule has 0 bridgehead atoms. The number of amides is 1. The van der Waals surface area contributed by atoms with Crippen molar-refractivity contribution in [2.45, 2.75) is 6.04 Å². The van der Waals surface area contributed by atoms with Crippen molar-refractivity contribution in [3.05, 3.63) is 6.20 Å². The Balaban J connectivity index is 2.40. The molecule has 0 fully saturated rings. The van der Waals surface area contributed by atoms with Crippen LogP contribution in [0.2, 0.25) is 0 Å². The van der Waals surface area contributed by atoms with Crippen molar-refractivity contribution in [1.29, 1.82) is 0 Å². The van der Waals surface area contributed by atoms with Gasteiger partial charge in [-0.25, -0.2) is 5.10 Å². The number of aromatic amines is 1. The Hall–Kier alpha value is -1.56. The largest absolute Gasteiger partial charge is 0.474 e. The van der Waals surface area contributed by atoms with Gasteiger partial charge in [-0.2, -0.15) is 5.10 Å². The maximum Gasteiger partial charge on any atom is 0.247 e. The molecule has 6 nitrogen and oxygen atoms in total. The number of aromatic nitrogens is 2. The molecule has 3 N–H and O–H groups in total. The van der Waals surface area contributed by atoms with Gasteiger partial charge in [0.15, 0.2) is 0 Å². The van der Waals surface area contributed by atoms with Crippen molar-refractivity contribution >= 4 is 11.6 Å². The maximum absolute atomic E-state index is 11.5. The summed E-state index contributed by atoms with van der Waals surface area (Å²) < 4.78 is 5.24. The first-order valence-corrected chi connectivity index (χ1v) is 3.89. The number of rotatable bonds is 0. The summed E-state index contributed by atoms with van der Waals surface area (Å²) in [7, 11) is 1.64. The molecule has 0 radical (unpaired) electrons. The topological polar surface area (TPSA) is 84.2 Å². The molecule has 1 aromatic heterocycles. The van der Waals surface area contributed by atoms with Crippen molar-refractivity contribution in [2.24, 2.45) is 5.73 Å². The van der Waals surface area contributed by atoms with Crippen LogP contribution in [0.5, 0.6) is 5.88 Å². The zero-order chi connectivity index (χ0) is 9.42. The van der Waals surface area contributed by atoms with E-state index in [1.807, 2.05) is 0 Å². The molecule has 1 aliphatic rings. The molecule has 0 aromatic carbocycles. The van der Waals surface area contributed by atoms with Crippen LogP contribution in [-0.4, -0.2) is 35.8 Å². The molecule has 0 saturated heterocycles. The molecule has 6 heteroatoms. The number of nitrogens with zero attached hydrogens (tertiary/aromatic N) is 2. The first kappa shape index (κ1) is 8.06. The number of nitrogens with one attached hydrogen (secondary N) is 1. The van der Waals surface area contributed by atoms with Gasteiger partial charge in [0.2, 0.25) is 11.8 Å². The highest BCUT2D eigenvalue weighted by atomic mass is 16.5. The Labute approximate surface area is 74.7 Å². The molecule has 1 atom stereocenters. The van der Waals surface area contributed by atoms with Gasteiger partial charge in [0, 0.05) is 7.05 Å². The van der Waals surface area contributed by atoms with E-state index < -0.39 is 6.04 Å². The highest BCUT2D eigenvalue weighted by Crippen LogP contribution is 2.26. The third-order valence-electron chi connectivity index (χ3n) is 2.00. The molecular weight excluding hydrogens is 172 g/mol. The van der Waals surface area contributed by atoms with Gasteiger partial charge in [0.25, 0.3) is 0 Å². The van der Waals surface area contributed by atoms with Crippen molar-refractivity contribution in [3.63, 3.8) is 0 Å². The van der Waals surface area contributed by atoms with Gasteiger partial charge in [0.05, 0.1) is 6.20 Å². The van der Waals surface area contributed by atoms with Crippen molar-refractivity contribution < 1.29 is 9.53 Å². The fraction of sp³-hybridized carbons (Fsp3) is 0.429. The highest BCUT2D eigenvalue weighted by Gasteiger charge is 2.27. The molecule has 0 spiro atoms. The Bertz CT molecular complexity index is 335. The summed E-state index contributed by atoms with van der Waals surface area (Å²) in [5.41, 5.74) is 6.18. The second-order valence-corrected chi connectivity index (χ2v) is 2.90. The molecule has 1 aliphatic heterocycles. The van der Waals surface area contributed by atoms with Crippen molar-refractivity contribution in [2.75, 3.05) is 18.6 Å². The molecule has 0 aliphatic carbocycles. The second-order valence-electron chi connectivity index (χ2n) is 2.90. The fourth-order valence-corrected chi connectivity index (χ4v) is 1.22. The highest BCUT2D eigenvalue weighted by molar-refractivity contribution is 5.98. The fourth-order valence-electron chi connectivity index (χ4n) is 1.22. The van der Waals surface area contributed by atoms with Crippen LogP contribution in [0.1, 0.15) is 0 Å². The summed E-state index contributed by atoms with van der Waals surface area (Å²) in [5.74, 6) is 0.323. The van der Waals surface area contributed by atoms with Crippen LogP contribution in [0.3, 0.4) is 0 Å². The lowest BCUT2D eigenvalue weighted by atomic mass is 10.3.